The molecule has 120 valence electrons. The summed E-state index contributed by atoms with van der Waals surface area (Å²) in [5.41, 5.74) is 1.03. The number of hydrogen-bond donors (Lipinski definition) is 1. The first-order valence-corrected chi connectivity index (χ1v) is 9.74. The third-order valence-electron chi connectivity index (χ3n) is 3.41. The summed E-state index contributed by atoms with van der Waals surface area (Å²) in [5.74, 6) is 0.601. The molecule has 0 radical (unpaired) electrons. The summed E-state index contributed by atoms with van der Waals surface area (Å²) in [4.78, 5) is 0. The van der Waals surface area contributed by atoms with Gasteiger partial charge < -0.3 is 5.32 Å². The average molecular weight is 332 g/mol. The smallest absolute Gasteiger partial charge is 0.150 e. The van der Waals surface area contributed by atoms with E-state index in [4.69, 9.17) is 11.6 Å². The zero-order valence-corrected chi connectivity index (χ0v) is 14.7. The van der Waals surface area contributed by atoms with E-state index in [9.17, 15) is 8.42 Å². The first kappa shape index (κ1) is 18.5. The quantitative estimate of drug-likeness (QED) is 0.751. The van der Waals surface area contributed by atoms with Crippen LogP contribution in [0, 0.1) is 0 Å². The number of benzene rings is 1. The number of hydrogen-bond acceptors (Lipinski definition) is 3. The van der Waals surface area contributed by atoms with Crippen LogP contribution >= 0.6 is 11.6 Å². The largest absolute Gasteiger partial charge is 0.314 e. The van der Waals surface area contributed by atoms with Crippen LogP contribution in [0.25, 0.3) is 0 Å². The maximum absolute atomic E-state index is 11.9. The number of nitrogens with one attached hydrogen (secondary N) is 1. The fourth-order valence-corrected chi connectivity index (χ4v) is 4.05. The standard InChI is InChI=1S/C16H26ClNO2S/c1-4-10-21(19,20)11-9-14(12-18-13(2)3)15-7-5-6-8-16(15)17/h5-8,13-14,18H,4,9-12H2,1-3H3. The number of sulfone groups is 1. The molecule has 1 rings (SSSR count). The molecule has 1 unspecified atom stereocenters. The molecule has 21 heavy (non-hydrogen) atoms. The fraction of sp³-hybridized carbons (Fsp3) is 0.625. The molecule has 0 amide bonds. The summed E-state index contributed by atoms with van der Waals surface area (Å²) < 4.78 is 23.9. The first-order valence-electron chi connectivity index (χ1n) is 7.54. The molecule has 0 aliphatic carbocycles. The summed E-state index contributed by atoms with van der Waals surface area (Å²) in [6, 6.07) is 8.06. The molecule has 1 atom stereocenters. The molecule has 0 saturated carbocycles. The van der Waals surface area contributed by atoms with E-state index < -0.39 is 9.84 Å². The Morgan fingerprint density at radius 3 is 2.43 bits per heavy atom. The van der Waals surface area contributed by atoms with E-state index in [1.165, 1.54) is 0 Å². The van der Waals surface area contributed by atoms with Crippen molar-refractivity contribution in [3.8, 4) is 0 Å². The number of rotatable bonds is 9. The van der Waals surface area contributed by atoms with Crippen molar-refractivity contribution in [1.82, 2.24) is 5.32 Å². The zero-order chi connectivity index (χ0) is 15.9. The van der Waals surface area contributed by atoms with Gasteiger partial charge in [0.15, 0.2) is 0 Å². The molecule has 0 spiro atoms. The predicted molar refractivity (Wildman–Crippen MR) is 90.9 cm³/mol. The monoisotopic (exact) mass is 331 g/mol. The summed E-state index contributed by atoms with van der Waals surface area (Å²) in [6.45, 7) is 6.79. The van der Waals surface area contributed by atoms with Gasteiger partial charge >= 0.3 is 0 Å². The van der Waals surface area contributed by atoms with Gasteiger partial charge in [0.2, 0.25) is 0 Å². The Hall–Kier alpha value is -0.580. The molecule has 5 heteroatoms. The minimum Gasteiger partial charge on any atom is -0.314 e. The molecule has 0 aromatic heterocycles. The van der Waals surface area contributed by atoms with E-state index in [1.54, 1.807) is 0 Å². The van der Waals surface area contributed by atoms with Crippen LogP contribution in [-0.4, -0.2) is 32.5 Å². The molecule has 1 aromatic rings. The van der Waals surface area contributed by atoms with Crippen molar-refractivity contribution in [1.29, 1.82) is 0 Å². The van der Waals surface area contributed by atoms with Crippen molar-refractivity contribution in [2.24, 2.45) is 0 Å². The van der Waals surface area contributed by atoms with Crippen molar-refractivity contribution in [2.45, 2.75) is 45.6 Å². The van der Waals surface area contributed by atoms with Crippen molar-refractivity contribution in [2.75, 3.05) is 18.1 Å². The third kappa shape index (κ3) is 6.81. The van der Waals surface area contributed by atoms with E-state index >= 15 is 0 Å². The highest BCUT2D eigenvalue weighted by molar-refractivity contribution is 7.91. The summed E-state index contributed by atoms with van der Waals surface area (Å²) in [7, 11) is -2.96. The highest BCUT2D eigenvalue weighted by Crippen LogP contribution is 2.27. The Balaban J connectivity index is 2.81. The van der Waals surface area contributed by atoms with Crippen LogP contribution in [0.3, 0.4) is 0 Å². The van der Waals surface area contributed by atoms with Crippen LogP contribution in [-0.2, 0) is 9.84 Å². The van der Waals surface area contributed by atoms with Crippen LogP contribution in [0.15, 0.2) is 24.3 Å². The highest BCUT2D eigenvalue weighted by Gasteiger charge is 2.18. The second kappa shape index (κ2) is 8.76. The molecule has 0 aliphatic rings. The Labute approximate surface area is 134 Å². The van der Waals surface area contributed by atoms with Gasteiger partial charge in [-0.25, -0.2) is 8.42 Å². The van der Waals surface area contributed by atoms with E-state index in [0.717, 1.165) is 12.1 Å². The van der Waals surface area contributed by atoms with E-state index in [1.807, 2.05) is 31.2 Å². The fourth-order valence-electron chi connectivity index (χ4n) is 2.29. The Kier molecular flexibility index (Phi) is 7.71. The van der Waals surface area contributed by atoms with Crippen LogP contribution < -0.4 is 5.32 Å². The molecule has 3 nitrogen and oxygen atoms in total. The maximum Gasteiger partial charge on any atom is 0.150 e. The van der Waals surface area contributed by atoms with E-state index in [2.05, 4.69) is 19.2 Å². The summed E-state index contributed by atoms with van der Waals surface area (Å²) in [5, 5.41) is 4.10. The molecular formula is C16H26ClNO2S. The van der Waals surface area contributed by atoms with Gasteiger partial charge in [-0.2, -0.15) is 0 Å². The predicted octanol–water partition coefficient (Wildman–Crippen LogP) is 3.64. The molecule has 0 fully saturated rings. The van der Waals surface area contributed by atoms with Crippen molar-refractivity contribution in [3.05, 3.63) is 34.9 Å². The zero-order valence-electron chi connectivity index (χ0n) is 13.1. The van der Waals surface area contributed by atoms with Gasteiger partial charge in [-0.15, -0.1) is 0 Å². The normalized spacial score (nSPS) is 13.6. The Morgan fingerprint density at radius 1 is 1.19 bits per heavy atom. The van der Waals surface area contributed by atoms with E-state index in [0.29, 0.717) is 23.9 Å². The lowest BCUT2D eigenvalue weighted by atomic mass is 9.96. The molecule has 0 aliphatic heterocycles. The highest BCUT2D eigenvalue weighted by atomic mass is 35.5. The van der Waals surface area contributed by atoms with Crippen molar-refractivity contribution >= 4 is 21.4 Å². The van der Waals surface area contributed by atoms with Gasteiger partial charge in [0.25, 0.3) is 0 Å². The van der Waals surface area contributed by atoms with Gasteiger partial charge in [-0.1, -0.05) is 50.6 Å². The third-order valence-corrected chi connectivity index (χ3v) is 5.64. The van der Waals surface area contributed by atoms with Crippen molar-refractivity contribution in [3.63, 3.8) is 0 Å². The van der Waals surface area contributed by atoms with Crippen LogP contribution in [0.2, 0.25) is 5.02 Å². The minimum atomic E-state index is -2.96. The number of halogens is 1. The first-order chi connectivity index (χ1) is 9.85. The molecule has 0 bridgehead atoms. The molecule has 1 aromatic carbocycles. The van der Waals surface area contributed by atoms with Crippen LogP contribution in [0.4, 0.5) is 0 Å². The minimum absolute atomic E-state index is 0.118. The molecule has 0 heterocycles. The molecular weight excluding hydrogens is 306 g/mol. The van der Waals surface area contributed by atoms with Gasteiger partial charge in [0.1, 0.15) is 9.84 Å². The van der Waals surface area contributed by atoms with Gasteiger partial charge in [0, 0.05) is 23.4 Å². The van der Waals surface area contributed by atoms with E-state index in [-0.39, 0.29) is 17.4 Å². The Bertz CT molecular complexity index is 529. The average Bonchev–Trinajstić information content (AvgIpc) is 2.39. The lowest BCUT2D eigenvalue weighted by molar-refractivity contribution is 0.517. The topological polar surface area (TPSA) is 46.2 Å². The Morgan fingerprint density at radius 2 is 1.86 bits per heavy atom. The maximum atomic E-state index is 11.9. The molecule has 1 N–H and O–H groups in total. The van der Waals surface area contributed by atoms with Crippen molar-refractivity contribution < 1.29 is 8.42 Å². The SMILES string of the molecule is CCCS(=O)(=O)CCC(CNC(C)C)c1ccccc1Cl. The summed E-state index contributed by atoms with van der Waals surface area (Å²) >= 11 is 6.27. The van der Waals surface area contributed by atoms with Gasteiger partial charge in [-0.3, -0.25) is 0 Å². The second-order valence-electron chi connectivity index (χ2n) is 5.72. The van der Waals surface area contributed by atoms with Crippen LogP contribution in [0.1, 0.15) is 45.1 Å². The van der Waals surface area contributed by atoms with Gasteiger partial charge in [-0.05, 0) is 30.4 Å². The van der Waals surface area contributed by atoms with Gasteiger partial charge in [0.05, 0.1) is 5.75 Å². The lowest BCUT2D eigenvalue weighted by Crippen LogP contribution is -2.29. The second-order valence-corrected chi connectivity index (χ2v) is 8.43. The summed E-state index contributed by atoms with van der Waals surface area (Å²) in [6.07, 6.45) is 1.27. The van der Waals surface area contributed by atoms with Crippen LogP contribution in [0.5, 0.6) is 0 Å². The molecule has 0 saturated heterocycles. The lowest BCUT2D eigenvalue weighted by Gasteiger charge is -2.21.